The topological polar surface area (TPSA) is 88.9 Å². The van der Waals surface area contributed by atoms with Crippen molar-refractivity contribution < 1.29 is 4.79 Å². The zero-order valence-corrected chi connectivity index (χ0v) is 21.1. The van der Waals surface area contributed by atoms with Gasteiger partial charge in [0.05, 0.1) is 11.7 Å². The summed E-state index contributed by atoms with van der Waals surface area (Å²) in [6.45, 7) is 13.6. The van der Waals surface area contributed by atoms with E-state index in [-0.39, 0.29) is 16.7 Å². The zero-order chi connectivity index (χ0) is 25.0. The third-order valence-electron chi connectivity index (χ3n) is 9.54. The number of hydrogen-bond donors (Lipinski definition) is 1. The lowest BCUT2D eigenvalue weighted by molar-refractivity contribution is -0.136. The number of nitrogens with one attached hydrogen (secondary N) is 1. The second-order valence-electron chi connectivity index (χ2n) is 11.9. The monoisotopic (exact) mass is 478 g/mol. The van der Waals surface area contributed by atoms with Crippen LogP contribution in [0.2, 0.25) is 0 Å². The van der Waals surface area contributed by atoms with Crippen LogP contribution in [0.5, 0.6) is 0 Å². The molecule has 1 N–H and O–H groups in total. The van der Waals surface area contributed by atoms with Crippen LogP contribution < -0.4 is 4.90 Å². The fourth-order valence-electron chi connectivity index (χ4n) is 7.51. The highest BCUT2D eigenvalue weighted by atomic mass is 16.2. The summed E-state index contributed by atoms with van der Waals surface area (Å²) in [6.07, 6.45) is 5.26. The third kappa shape index (κ3) is 2.70. The van der Waals surface area contributed by atoms with Gasteiger partial charge in [0.25, 0.3) is 0 Å². The summed E-state index contributed by atoms with van der Waals surface area (Å²) in [5, 5.41) is 19.1. The van der Waals surface area contributed by atoms with Gasteiger partial charge in [-0.3, -0.25) is 9.89 Å². The number of amides is 1. The summed E-state index contributed by atoms with van der Waals surface area (Å²) in [5.74, 6) is 1.84. The fraction of sp³-hybridized carbons (Fsp3) is 0.448. The Morgan fingerprint density at radius 1 is 1.28 bits per heavy atom. The lowest BCUT2D eigenvalue weighted by Gasteiger charge is -2.47. The van der Waals surface area contributed by atoms with Crippen LogP contribution in [-0.4, -0.2) is 52.2 Å². The molecular formula is C29H30N6O. The predicted octanol–water partition coefficient (Wildman–Crippen LogP) is 4.33. The Kier molecular flexibility index (Phi) is 4.18. The molecule has 0 bridgehead atoms. The van der Waals surface area contributed by atoms with Gasteiger partial charge in [0, 0.05) is 48.2 Å². The van der Waals surface area contributed by atoms with Gasteiger partial charge in [0.1, 0.15) is 17.5 Å². The molecule has 2 saturated heterocycles. The molecule has 36 heavy (non-hydrogen) atoms. The van der Waals surface area contributed by atoms with Gasteiger partial charge in [-0.15, -0.1) is 0 Å². The van der Waals surface area contributed by atoms with Crippen molar-refractivity contribution in [2.45, 2.75) is 39.5 Å². The number of H-pyrrole nitrogens is 1. The van der Waals surface area contributed by atoms with E-state index in [1.807, 2.05) is 11.1 Å². The average Bonchev–Trinajstić information content (AvgIpc) is 3.38. The van der Waals surface area contributed by atoms with E-state index in [0.717, 1.165) is 78.1 Å². The highest BCUT2D eigenvalue weighted by Crippen LogP contribution is 2.71. The van der Waals surface area contributed by atoms with Crippen LogP contribution in [0.4, 0.5) is 5.82 Å². The number of rotatable bonds is 3. The summed E-state index contributed by atoms with van der Waals surface area (Å²) in [4.78, 5) is 21.4. The van der Waals surface area contributed by atoms with Crippen LogP contribution >= 0.6 is 0 Å². The molecule has 1 aromatic carbocycles. The molecule has 2 aliphatic heterocycles. The molecular weight excluding hydrogens is 448 g/mol. The molecule has 7 nitrogen and oxygen atoms in total. The summed E-state index contributed by atoms with van der Waals surface area (Å²) < 4.78 is 0. The van der Waals surface area contributed by atoms with Gasteiger partial charge < -0.3 is 9.80 Å². The molecule has 3 aromatic rings. The van der Waals surface area contributed by atoms with Crippen LogP contribution in [0.15, 0.2) is 31.0 Å². The van der Waals surface area contributed by atoms with E-state index < -0.39 is 0 Å². The molecule has 1 amide bonds. The molecule has 4 aliphatic rings. The maximum atomic E-state index is 12.1. The average molecular weight is 479 g/mol. The smallest absolute Gasteiger partial charge is 0.245 e. The first kappa shape index (κ1) is 21.6. The largest absolute Gasteiger partial charge is 0.355 e. The van der Waals surface area contributed by atoms with E-state index in [1.165, 1.54) is 11.6 Å². The lowest BCUT2D eigenvalue weighted by atomic mass is 9.79. The van der Waals surface area contributed by atoms with Crippen LogP contribution in [0.1, 0.15) is 48.6 Å². The number of carbonyl (C=O) groups excluding carboxylic acids is 1. The van der Waals surface area contributed by atoms with E-state index in [2.05, 4.69) is 60.6 Å². The third-order valence-corrected chi connectivity index (χ3v) is 9.54. The minimum atomic E-state index is 0.000234. The van der Waals surface area contributed by atoms with Crippen molar-refractivity contribution in [3.63, 3.8) is 0 Å². The molecule has 1 saturated carbocycles. The zero-order valence-electron chi connectivity index (χ0n) is 21.1. The number of benzene rings is 1. The van der Waals surface area contributed by atoms with Crippen molar-refractivity contribution in [2.24, 2.45) is 16.7 Å². The summed E-state index contributed by atoms with van der Waals surface area (Å²) >= 11 is 0. The van der Waals surface area contributed by atoms with Gasteiger partial charge >= 0.3 is 0 Å². The normalized spacial score (nSPS) is 24.4. The standard InChI is InChI=1S/C29H30N6O/c1-5-22(36)35-14-29(15-35)8-9-34(13-29)27-17(11-30)24(23-16(2)6-7-20-18(23)12-31-33-20)25-21(32-27)10-19-26(25)28(19,3)4/h5-7,12,19,26H,1,8-10,13-15H2,2-4H3,(H,31,33). The Bertz CT molecular complexity index is 1520. The minimum Gasteiger partial charge on any atom is -0.355 e. The molecule has 7 rings (SSSR count). The summed E-state index contributed by atoms with van der Waals surface area (Å²) in [7, 11) is 0. The number of carbonyl (C=O) groups is 1. The van der Waals surface area contributed by atoms with Crippen molar-refractivity contribution in [3.05, 3.63) is 53.4 Å². The van der Waals surface area contributed by atoms with Gasteiger partial charge in [0.15, 0.2) is 0 Å². The van der Waals surface area contributed by atoms with Crippen molar-refractivity contribution in [3.8, 4) is 17.2 Å². The number of hydrogen-bond acceptors (Lipinski definition) is 5. The van der Waals surface area contributed by atoms with Gasteiger partial charge in [-0.2, -0.15) is 10.4 Å². The number of fused-ring (bicyclic) bond motifs is 4. The molecule has 2 aliphatic carbocycles. The number of nitriles is 1. The Morgan fingerprint density at radius 2 is 2.08 bits per heavy atom. The Balaban J connectivity index is 1.38. The number of nitrogens with zero attached hydrogens (tertiary/aromatic N) is 5. The number of aromatic nitrogens is 3. The SMILES string of the molecule is C=CC(=O)N1CC2(CCN(c3nc4c(c(-c5c(C)ccc6[nH]ncc56)c3C#N)C3C(C4)C3(C)C)C2)C1. The van der Waals surface area contributed by atoms with E-state index in [1.54, 1.807) is 0 Å². The van der Waals surface area contributed by atoms with E-state index in [4.69, 9.17) is 4.98 Å². The van der Waals surface area contributed by atoms with Gasteiger partial charge in [-0.05, 0) is 65.8 Å². The molecule has 3 fully saturated rings. The van der Waals surface area contributed by atoms with Gasteiger partial charge in [-0.25, -0.2) is 4.98 Å². The first-order valence-corrected chi connectivity index (χ1v) is 12.8. The van der Waals surface area contributed by atoms with Gasteiger partial charge in [-0.1, -0.05) is 26.5 Å². The number of aromatic amines is 1. The van der Waals surface area contributed by atoms with E-state index in [0.29, 0.717) is 17.4 Å². The number of pyridine rings is 1. The maximum Gasteiger partial charge on any atom is 0.245 e. The van der Waals surface area contributed by atoms with E-state index in [9.17, 15) is 10.1 Å². The Morgan fingerprint density at radius 3 is 2.83 bits per heavy atom. The van der Waals surface area contributed by atoms with Crippen LogP contribution in [0.3, 0.4) is 0 Å². The molecule has 4 heterocycles. The molecule has 7 heteroatoms. The van der Waals surface area contributed by atoms with Crippen LogP contribution in [-0.2, 0) is 11.2 Å². The minimum absolute atomic E-state index is 0.000234. The Hall–Kier alpha value is -3.66. The molecule has 2 atom stereocenters. The number of likely N-dealkylation sites (tertiary alicyclic amines) is 1. The molecule has 2 aromatic heterocycles. The fourth-order valence-corrected chi connectivity index (χ4v) is 7.51. The number of anilines is 1. The van der Waals surface area contributed by atoms with Crippen molar-refractivity contribution in [2.75, 3.05) is 31.1 Å². The lowest BCUT2D eigenvalue weighted by Crippen LogP contribution is -2.59. The summed E-state index contributed by atoms with van der Waals surface area (Å²) in [5.41, 5.74) is 7.75. The van der Waals surface area contributed by atoms with Gasteiger partial charge in [0.2, 0.25) is 5.91 Å². The molecule has 0 radical (unpaired) electrons. The maximum absolute atomic E-state index is 12.1. The van der Waals surface area contributed by atoms with Crippen molar-refractivity contribution >= 4 is 22.6 Å². The van der Waals surface area contributed by atoms with Crippen LogP contribution in [0, 0.1) is 35.0 Å². The molecule has 182 valence electrons. The second-order valence-corrected chi connectivity index (χ2v) is 11.9. The van der Waals surface area contributed by atoms with Crippen LogP contribution in [0.25, 0.3) is 22.0 Å². The first-order chi connectivity index (χ1) is 17.3. The second kappa shape index (κ2) is 6.97. The number of aryl methyl sites for hydroxylation is 1. The highest BCUT2D eigenvalue weighted by molar-refractivity contribution is 6.00. The predicted molar refractivity (Wildman–Crippen MR) is 139 cm³/mol. The van der Waals surface area contributed by atoms with Crippen molar-refractivity contribution in [1.29, 1.82) is 5.26 Å². The first-order valence-electron chi connectivity index (χ1n) is 12.8. The summed E-state index contributed by atoms with van der Waals surface area (Å²) in [6, 6.07) is 6.80. The molecule has 2 unspecified atom stereocenters. The van der Waals surface area contributed by atoms with Crippen molar-refractivity contribution in [1.82, 2.24) is 20.1 Å². The highest BCUT2D eigenvalue weighted by Gasteiger charge is 2.64. The molecule has 1 spiro atoms. The Labute approximate surface area is 210 Å². The van der Waals surface area contributed by atoms with E-state index >= 15 is 0 Å². The quantitative estimate of drug-likeness (QED) is 0.566.